The summed E-state index contributed by atoms with van der Waals surface area (Å²) < 4.78 is 0. The lowest BCUT2D eigenvalue weighted by Crippen LogP contribution is -2.21. The van der Waals surface area contributed by atoms with Crippen LogP contribution in [0.1, 0.15) is 12.8 Å². The zero-order valence-electron chi connectivity index (χ0n) is 5.31. The van der Waals surface area contributed by atoms with Crippen molar-refractivity contribution < 1.29 is 0 Å². The molecule has 0 aromatic rings. The average molecular weight is 131 g/mol. The Labute approximate surface area is 55.2 Å². The molecule has 1 N–H and O–H groups in total. The van der Waals surface area contributed by atoms with Crippen LogP contribution in [0.5, 0.6) is 0 Å². The Hall–Kier alpha value is 0.310. The van der Waals surface area contributed by atoms with Crippen LogP contribution in [-0.4, -0.2) is 24.6 Å². The molecule has 1 nitrogen and oxygen atoms in total. The van der Waals surface area contributed by atoms with E-state index in [-0.39, 0.29) is 0 Å². The molecule has 1 aliphatic heterocycles. The molecule has 1 unspecified atom stereocenters. The van der Waals surface area contributed by atoms with Crippen LogP contribution in [0.3, 0.4) is 0 Å². The number of thioether (sulfide) groups is 1. The van der Waals surface area contributed by atoms with Crippen LogP contribution >= 0.6 is 11.8 Å². The van der Waals surface area contributed by atoms with Gasteiger partial charge in [-0.25, -0.2) is 0 Å². The maximum absolute atomic E-state index is 3.15. The Morgan fingerprint density at radius 1 is 1.75 bits per heavy atom. The van der Waals surface area contributed by atoms with Gasteiger partial charge in [0.25, 0.3) is 0 Å². The molecule has 0 amide bonds. The molecule has 0 bridgehead atoms. The first-order valence-electron chi connectivity index (χ1n) is 3.19. The molecule has 0 aromatic heterocycles. The molecular formula is C6H13NS. The largest absolute Gasteiger partial charge is 0.320 e. The predicted molar refractivity (Wildman–Crippen MR) is 39.4 cm³/mol. The highest BCUT2D eigenvalue weighted by Crippen LogP contribution is 2.29. The lowest BCUT2D eigenvalue weighted by atomic mass is 10.2. The van der Waals surface area contributed by atoms with Crippen molar-refractivity contribution >= 4 is 11.8 Å². The van der Waals surface area contributed by atoms with Crippen LogP contribution in [-0.2, 0) is 0 Å². The van der Waals surface area contributed by atoms with Gasteiger partial charge in [-0.05, 0) is 32.2 Å². The molecule has 1 fully saturated rings. The Balaban J connectivity index is 1.86. The number of hydrogen-bond donors (Lipinski definition) is 1. The van der Waals surface area contributed by atoms with E-state index in [4.69, 9.17) is 0 Å². The highest BCUT2D eigenvalue weighted by atomic mass is 32.2. The van der Waals surface area contributed by atoms with Crippen molar-refractivity contribution in [3.05, 3.63) is 0 Å². The van der Waals surface area contributed by atoms with E-state index in [9.17, 15) is 0 Å². The zero-order valence-corrected chi connectivity index (χ0v) is 6.13. The van der Waals surface area contributed by atoms with Crippen molar-refractivity contribution in [2.75, 3.05) is 19.3 Å². The van der Waals surface area contributed by atoms with Crippen LogP contribution < -0.4 is 5.32 Å². The molecule has 1 rings (SSSR count). The summed E-state index contributed by atoms with van der Waals surface area (Å²) in [6, 6.07) is 0. The Morgan fingerprint density at radius 3 is 2.88 bits per heavy atom. The summed E-state index contributed by atoms with van der Waals surface area (Å²) in [6.45, 7) is 1.19. The van der Waals surface area contributed by atoms with Crippen LogP contribution in [0.4, 0.5) is 0 Å². The van der Waals surface area contributed by atoms with Gasteiger partial charge in [0.15, 0.2) is 0 Å². The first-order valence-corrected chi connectivity index (χ1v) is 4.24. The standard InChI is InChI=1S/C6H13NS/c1-7-4-2-6-3-5-8-6/h6-7H,2-5H2,1H3. The molecule has 8 heavy (non-hydrogen) atoms. The van der Waals surface area contributed by atoms with E-state index in [1.54, 1.807) is 0 Å². The SMILES string of the molecule is CNCCC1CCS1. The van der Waals surface area contributed by atoms with Gasteiger partial charge in [-0.2, -0.15) is 11.8 Å². The molecule has 1 atom stereocenters. The minimum atomic E-state index is 0.988. The van der Waals surface area contributed by atoms with Gasteiger partial charge in [-0.3, -0.25) is 0 Å². The van der Waals surface area contributed by atoms with Crippen molar-refractivity contribution in [2.24, 2.45) is 0 Å². The second kappa shape index (κ2) is 3.36. The summed E-state index contributed by atoms with van der Waals surface area (Å²) in [6.07, 6.45) is 2.81. The van der Waals surface area contributed by atoms with Crippen molar-refractivity contribution in [2.45, 2.75) is 18.1 Å². The summed E-state index contributed by atoms with van der Waals surface area (Å²) in [4.78, 5) is 0. The van der Waals surface area contributed by atoms with E-state index >= 15 is 0 Å². The lowest BCUT2D eigenvalue weighted by molar-refractivity contribution is 0.661. The van der Waals surface area contributed by atoms with Crippen LogP contribution in [0.25, 0.3) is 0 Å². The molecule has 0 saturated carbocycles. The van der Waals surface area contributed by atoms with Gasteiger partial charge in [0, 0.05) is 5.25 Å². The summed E-state index contributed by atoms with van der Waals surface area (Å²) >= 11 is 2.11. The fraction of sp³-hybridized carbons (Fsp3) is 1.00. The molecule has 1 aliphatic rings. The first-order chi connectivity index (χ1) is 3.93. The summed E-state index contributed by atoms with van der Waals surface area (Å²) in [5.41, 5.74) is 0. The second-order valence-electron chi connectivity index (χ2n) is 2.17. The van der Waals surface area contributed by atoms with Gasteiger partial charge in [-0.1, -0.05) is 0 Å². The second-order valence-corrected chi connectivity index (χ2v) is 3.58. The van der Waals surface area contributed by atoms with Gasteiger partial charge in [0.2, 0.25) is 0 Å². The van der Waals surface area contributed by atoms with Crippen molar-refractivity contribution in [3.8, 4) is 0 Å². The number of hydrogen-bond acceptors (Lipinski definition) is 2. The maximum atomic E-state index is 3.15. The molecule has 0 spiro atoms. The van der Waals surface area contributed by atoms with E-state index in [1.165, 1.54) is 25.1 Å². The van der Waals surface area contributed by atoms with Crippen LogP contribution in [0, 0.1) is 0 Å². The fourth-order valence-electron chi connectivity index (χ4n) is 0.818. The topological polar surface area (TPSA) is 12.0 Å². The Bertz CT molecular complexity index is 61.5. The molecule has 0 radical (unpaired) electrons. The highest BCUT2D eigenvalue weighted by molar-refractivity contribution is 8.01. The number of rotatable bonds is 3. The highest BCUT2D eigenvalue weighted by Gasteiger charge is 2.16. The average Bonchev–Trinajstić information content (AvgIpc) is 1.63. The van der Waals surface area contributed by atoms with Crippen LogP contribution in [0.15, 0.2) is 0 Å². The van der Waals surface area contributed by atoms with Gasteiger partial charge in [0.1, 0.15) is 0 Å². The Morgan fingerprint density at radius 2 is 2.50 bits per heavy atom. The number of nitrogens with one attached hydrogen (secondary N) is 1. The quantitative estimate of drug-likeness (QED) is 0.615. The predicted octanol–water partition coefficient (Wildman–Crippen LogP) is 1.10. The van der Waals surface area contributed by atoms with Crippen LogP contribution in [0.2, 0.25) is 0 Å². The van der Waals surface area contributed by atoms with E-state index in [1.807, 2.05) is 7.05 Å². The van der Waals surface area contributed by atoms with Crippen molar-refractivity contribution in [1.29, 1.82) is 0 Å². The summed E-state index contributed by atoms with van der Waals surface area (Å²) in [5.74, 6) is 1.40. The van der Waals surface area contributed by atoms with Gasteiger partial charge >= 0.3 is 0 Å². The third kappa shape index (κ3) is 1.67. The normalized spacial score (nSPS) is 27.4. The van der Waals surface area contributed by atoms with Gasteiger partial charge in [0.05, 0.1) is 0 Å². The van der Waals surface area contributed by atoms with Gasteiger partial charge in [-0.15, -0.1) is 0 Å². The van der Waals surface area contributed by atoms with E-state index in [0.29, 0.717) is 0 Å². The maximum Gasteiger partial charge on any atom is 0.00669 e. The minimum Gasteiger partial charge on any atom is -0.320 e. The zero-order chi connectivity index (χ0) is 5.82. The van der Waals surface area contributed by atoms with E-state index in [2.05, 4.69) is 17.1 Å². The van der Waals surface area contributed by atoms with E-state index in [0.717, 1.165) is 5.25 Å². The lowest BCUT2D eigenvalue weighted by Gasteiger charge is -2.24. The molecule has 1 heterocycles. The first kappa shape index (κ1) is 6.43. The molecule has 0 aliphatic carbocycles. The molecular weight excluding hydrogens is 118 g/mol. The van der Waals surface area contributed by atoms with Gasteiger partial charge < -0.3 is 5.32 Å². The van der Waals surface area contributed by atoms with E-state index < -0.39 is 0 Å². The van der Waals surface area contributed by atoms with Crippen molar-refractivity contribution in [3.63, 3.8) is 0 Å². The summed E-state index contributed by atoms with van der Waals surface area (Å²) in [5, 5.41) is 4.14. The van der Waals surface area contributed by atoms with Crippen molar-refractivity contribution in [1.82, 2.24) is 5.32 Å². The smallest absolute Gasteiger partial charge is 0.00669 e. The molecule has 1 saturated heterocycles. The fourth-order valence-corrected chi connectivity index (χ4v) is 1.67. The monoisotopic (exact) mass is 131 g/mol. The summed E-state index contributed by atoms with van der Waals surface area (Å²) in [7, 11) is 2.02. The molecule has 0 aromatic carbocycles. The third-order valence-electron chi connectivity index (χ3n) is 1.51. The molecule has 2 heteroatoms. The molecule has 48 valence electrons. The Kier molecular flexibility index (Phi) is 2.70. The third-order valence-corrected chi connectivity index (χ3v) is 2.92. The minimum absolute atomic E-state index is 0.988.